The number of quaternary nitrogens is 1. The zero-order valence-electron chi connectivity index (χ0n) is 15.4. The van der Waals surface area contributed by atoms with Crippen LogP contribution in [0.4, 0.5) is 0 Å². The first-order valence-electron chi connectivity index (χ1n) is 8.61. The molecule has 3 atom stereocenters. The van der Waals surface area contributed by atoms with E-state index < -0.39 is 36.7 Å². The van der Waals surface area contributed by atoms with Crippen molar-refractivity contribution in [1.82, 2.24) is 0 Å². The first kappa shape index (κ1) is 22.8. The molecule has 0 bridgehead atoms. The molecule has 0 amide bonds. The van der Waals surface area contributed by atoms with Gasteiger partial charge in [-0.2, -0.15) is 0 Å². The number of carboxylic acid groups (broad SMARTS) is 1. The van der Waals surface area contributed by atoms with Gasteiger partial charge < -0.3 is 29.3 Å². The Morgan fingerprint density at radius 1 is 1.04 bits per heavy atom. The Labute approximate surface area is 144 Å². The quantitative estimate of drug-likeness (QED) is 0.272. The van der Waals surface area contributed by atoms with E-state index in [9.17, 15) is 24.9 Å². The number of aliphatic hydroxyl groups is 2. The summed E-state index contributed by atoms with van der Waals surface area (Å²) in [5.41, 5.74) is 0. The third-order valence-electron chi connectivity index (χ3n) is 3.62. The van der Waals surface area contributed by atoms with Crippen LogP contribution in [0.1, 0.15) is 51.9 Å². The molecule has 24 heavy (non-hydrogen) atoms. The average molecular weight is 347 g/mol. The fourth-order valence-electron chi connectivity index (χ4n) is 2.45. The molecule has 0 spiro atoms. The van der Waals surface area contributed by atoms with Gasteiger partial charge in [0.05, 0.1) is 39.8 Å². The Morgan fingerprint density at radius 3 is 2.17 bits per heavy atom. The Hall–Kier alpha value is -1.18. The molecule has 0 aromatic carbocycles. The maximum Gasteiger partial charge on any atom is 0.309 e. The summed E-state index contributed by atoms with van der Waals surface area (Å²) in [5.74, 6) is -2.01. The fraction of sp³-hybridized carbons (Fsp3) is 0.882. The molecule has 0 heterocycles. The number of esters is 1. The fourth-order valence-corrected chi connectivity index (χ4v) is 2.45. The number of carbonyl (C=O) groups is 2. The van der Waals surface area contributed by atoms with Crippen LogP contribution in [-0.2, 0) is 14.3 Å². The highest BCUT2D eigenvalue weighted by atomic mass is 16.5. The van der Waals surface area contributed by atoms with Crippen molar-refractivity contribution in [2.45, 2.75) is 70.2 Å². The van der Waals surface area contributed by atoms with Gasteiger partial charge in [0.25, 0.3) is 0 Å². The molecule has 0 aliphatic carbocycles. The topological polar surface area (TPSA) is 107 Å². The van der Waals surface area contributed by atoms with E-state index in [0.29, 0.717) is 17.4 Å². The molecule has 0 radical (unpaired) electrons. The van der Waals surface area contributed by atoms with Crippen LogP contribution in [0, 0.1) is 0 Å². The number of hydrogen-bond donors (Lipinski definition) is 2. The number of hydrogen-bond acceptors (Lipinski definition) is 6. The van der Waals surface area contributed by atoms with E-state index in [2.05, 4.69) is 6.92 Å². The Kier molecular flexibility index (Phi) is 10.8. The lowest BCUT2D eigenvalue weighted by Crippen LogP contribution is -2.45. The van der Waals surface area contributed by atoms with Crippen molar-refractivity contribution in [2.24, 2.45) is 0 Å². The predicted molar refractivity (Wildman–Crippen MR) is 87.8 cm³/mol. The number of ether oxygens (including phenoxy) is 1. The first-order chi connectivity index (χ1) is 11.0. The molecule has 0 aromatic rings. The molecule has 0 aliphatic rings. The van der Waals surface area contributed by atoms with Crippen LogP contribution in [0.15, 0.2) is 0 Å². The molecule has 0 saturated carbocycles. The number of nitrogens with zero attached hydrogens (tertiary/aromatic N) is 1. The Bertz CT molecular complexity index is 380. The number of rotatable bonds is 13. The predicted octanol–water partition coefficient (Wildman–Crippen LogP) is -0.173. The number of carboxylic acids is 1. The second-order valence-corrected chi connectivity index (χ2v) is 7.35. The molecular weight excluding hydrogens is 314 g/mol. The van der Waals surface area contributed by atoms with Gasteiger partial charge in [0.2, 0.25) is 0 Å². The lowest BCUT2D eigenvalue weighted by molar-refractivity contribution is -0.873. The molecule has 2 N–H and O–H groups in total. The third-order valence-corrected chi connectivity index (χ3v) is 3.62. The first-order valence-corrected chi connectivity index (χ1v) is 8.61. The average Bonchev–Trinajstić information content (AvgIpc) is 2.40. The molecule has 0 saturated heterocycles. The highest BCUT2D eigenvalue weighted by Gasteiger charge is 2.25. The molecule has 0 rings (SSSR count). The Balaban J connectivity index is 4.36. The van der Waals surface area contributed by atoms with Gasteiger partial charge in [-0.25, -0.2) is 0 Å². The van der Waals surface area contributed by atoms with Gasteiger partial charge in [0.1, 0.15) is 6.54 Å². The van der Waals surface area contributed by atoms with Gasteiger partial charge in [-0.3, -0.25) is 4.79 Å². The van der Waals surface area contributed by atoms with E-state index in [4.69, 9.17) is 4.74 Å². The summed E-state index contributed by atoms with van der Waals surface area (Å²) in [6.45, 7) is 2.40. The van der Waals surface area contributed by atoms with Crippen molar-refractivity contribution >= 4 is 11.9 Å². The van der Waals surface area contributed by atoms with Crippen LogP contribution >= 0.6 is 0 Å². The smallest absolute Gasteiger partial charge is 0.309 e. The van der Waals surface area contributed by atoms with Crippen LogP contribution in [0.2, 0.25) is 0 Å². The highest BCUT2D eigenvalue weighted by Crippen LogP contribution is 2.12. The molecular formula is C17H33NO6. The van der Waals surface area contributed by atoms with Crippen LogP contribution in [0.5, 0.6) is 0 Å². The molecule has 0 aliphatic heterocycles. The minimum Gasteiger partial charge on any atom is -0.550 e. The minimum atomic E-state index is -1.29. The maximum atomic E-state index is 11.9. The van der Waals surface area contributed by atoms with Crippen LogP contribution in [0.25, 0.3) is 0 Å². The molecule has 0 fully saturated rings. The van der Waals surface area contributed by atoms with E-state index in [0.717, 1.165) is 25.7 Å². The lowest BCUT2D eigenvalue weighted by Gasteiger charge is -2.29. The normalized spacial score (nSPS) is 15.6. The second-order valence-electron chi connectivity index (χ2n) is 7.35. The SMILES string of the molecule is CCCCCCC(O)C(O)CC(=O)OC(CC(=O)[O-])C[N+](C)(C)C. The molecule has 7 heteroatoms. The van der Waals surface area contributed by atoms with Gasteiger partial charge in [0, 0.05) is 12.4 Å². The van der Waals surface area contributed by atoms with Crippen molar-refractivity contribution < 1.29 is 34.1 Å². The summed E-state index contributed by atoms with van der Waals surface area (Å²) in [5, 5.41) is 30.5. The summed E-state index contributed by atoms with van der Waals surface area (Å²) in [6, 6.07) is 0. The number of aliphatic carboxylic acids is 1. The number of aliphatic hydroxyl groups excluding tert-OH is 2. The summed E-state index contributed by atoms with van der Waals surface area (Å²) >= 11 is 0. The van der Waals surface area contributed by atoms with Gasteiger partial charge >= 0.3 is 5.97 Å². The van der Waals surface area contributed by atoms with E-state index in [1.54, 1.807) is 0 Å². The molecule has 7 nitrogen and oxygen atoms in total. The van der Waals surface area contributed by atoms with E-state index in [-0.39, 0.29) is 6.42 Å². The minimum absolute atomic E-state index is 0.315. The van der Waals surface area contributed by atoms with Gasteiger partial charge in [0.15, 0.2) is 6.10 Å². The molecule has 142 valence electrons. The monoisotopic (exact) mass is 347 g/mol. The van der Waals surface area contributed by atoms with Crippen molar-refractivity contribution in [1.29, 1.82) is 0 Å². The van der Waals surface area contributed by atoms with Crippen LogP contribution < -0.4 is 5.11 Å². The van der Waals surface area contributed by atoms with E-state index in [1.165, 1.54) is 0 Å². The number of carbonyl (C=O) groups excluding carboxylic acids is 2. The van der Waals surface area contributed by atoms with Gasteiger partial charge in [-0.15, -0.1) is 0 Å². The van der Waals surface area contributed by atoms with E-state index in [1.807, 2.05) is 21.1 Å². The largest absolute Gasteiger partial charge is 0.550 e. The van der Waals surface area contributed by atoms with Crippen molar-refractivity contribution in [3.8, 4) is 0 Å². The standard InChI is InChI=1S/C17H33NO6/c1-5-6-7-8-9-14(19)15(20)11-17(23)24-13(10-16(21)22)12-18(2,3)4/h13-15,19-20H,5-12H2,1-4H3. The van der Waals surface area contributed by atoms with Crippen molar-refractivity contribution in [2.75, 3.05) is 27.7 Å². The summed E-state index contributed by atoms with van der Waals surface area (Å²) in [4.78, 5) is 22.7. The van der Waals surface area contributed by atoms with Gasteiger partial charge in [-0.1, -0.05) is 32.6 Å². The van der Waals surface area contributed by atoms with Crippen LogP contribution in [0.3, 0.4) is 0 Å². The zero-order chi connectivity index (χ0) is 18.8. The molecule has 0 aromatic heterocycles. The zero-order valence-corrected chi connectivity index (χ0v) is 15.4. The summed E-state index contributed by atoms with van der Waals surface area (Å²) < 4.78 is 5.58. The number of likely N-dealkylation sites (N-methyl/N-ethyl adjacent to an activating group) is 1. The third kappa shape index (κ3) is 12.3. The van der Waals surface area contributed by atoms with Crippen molar-refractivity contribution in [3.63, 3.8) is 0 Å². The van der Waals surface area contributed by atoms with Crippen molar-refractivity contribution in [3.05, 3.63) is 0 Å². The van der Waals surface area contributed by atoms with Crippen LogP contribution in [-0.4, -0.2) is 72.6 Å². The molecule has 3 unspecified atom stereocenters. The van der Waals surface area contributed by atoms with Gasteiger partial charge in [-0.05, 0) is 6.42 Å². The van der Waals surface area contributed by atoms with E-state index >= 15 is 0 Å². The lowest BCUT2D eigenvalue weighted by atomic mass is 10.0. The Morgan fingerprint density at radius 2 is 1.67 bits per heavy atom. The summed E-state index contributed by atoms with van der Waals surface area (Å²) in [7, 11) is 5.56. The highest BCUT2D eigenvalue weighted by molar-refractivity contribution is 5.71. The number of unbranched alkanes of at least 4 members (excludes halogenated alkanes) is 3. The second kappa shape index (κ2) is 11.4. The summed E-state index contributed by atoms with van der Waals surface area (Å²) in [6.07, 6.45) is 0.591. The maximum absolute atomic E-state index is 11.9.